The summed E-state index contributed by atoms with van der Waals surface area (Å²) in [6.45, 7) is 6.58. The Labute approximate surface area is 182 Å². The smallest absolute Gasteiger partial charge is 0.229 e. The summed E-state index contributed by atoms with van der Waals surface area (Å²) in [5.41, 5.74) is 4.68. The van der Waals surface area contributed by atoms with Crippen LogP contribution in [0.4, 0.5) is 11.4 Å². The van der Waals surface area contributed by atoms with Gasteiger partial charge in [-0.05, 0) is 49.1 Å². The van der Waals surface area contributed by atoms with Gasteiger partial charge in [-0.25, -0.2) is 0 Å². The van der Waals surface area contributed by atoms with Crippen molar-refractivity contribution in [2.24, 2.45) is 17.8 Å². The van der Waals surface area contributed by atoms with E-state index in [1.807, 2.05) is 19.9 Å². The number of fused-ring (bicyclic) bond motifs is 2. The number of hydrogen-bond donors (Lipinski definition) is 1. The summed E-state index contributed by atoms with van der Waals surface area (Å²) < 4.78 is 6.30. The Kier molecular flexibility index (Phi) is 3.55. The Morgan fingerprint density at radius 2 is 2.19 bits per heavy atom. The molecule has 1 saturated carbocycles. The number of amides is 2. The van der Waals surface area contributed by atoms with Gasteiger partial charge in [0, 0.05) is 41.2 Å². The Bertz CT molecular complexity index is 1050. The lowest BCUT2D eigenvalue weighted by molar-refractivity contribution is -0.132. The number of benzene rings is 1. The first-order valence-electron chi connectivity index (χ1n) is 11.8. The lowest BCUT2D eigenvalue weighted by atomic mass is 9.53. The minimum Gasteiger partial charge on any atom is -0.373 e. The molecule has 2 amide bonds. The minimum absolute atomic E-state index is 0.0203. The number of nitrogens with zero attached hydrogens (tertiary/aromatic N) is 2. The van der Waals surface area contributed by atoms with Gasteiger partial charge in [0.15, 0.2) is 0 Å². The number of piperidine rings is 2. The topological polar surface area (TPSA) is 61.9 Å². The maximum absolute atomic E-state index is 13.5. The van der Waals surface area contributed by atoms with Crippen molar-refractivity contribution in [3.05, 3.63) is 35.4 Å². The highest BCUT2D eigenvalue weighted by Gasteiger charge is 2.71. The summed E-state index contributed by atoms with van der Waals surface area (Å²) in [6, 6.07) is 6.86. The number of carbonyl (C=O) groups is 2. The lowest BCUT2D eigenvalue weighted by Crippen LogP contribution is -2.69. The predicted octanol–water partition coefficient (Wildman–Crippen LogP) is 2.69. The van der Waals surface area contributed by atoms with Gasteiger partial charge in [-0.15, -0.1) is 0 Å². The quantitative estimate of drug-likeness (QED) is 0.749. The summed E-state index contributed by atoms with van der Waals surface area (Å²) in [5, 5.41) is 3.10. The predicted molar refractivity (Wildman–Crippen MR) is 117 cm³/mol. The van der Waals surface area contributed by atoms with E-state index in [2.05, 4.69) is 33.3 Å². The summed E-state index contributed by atoms with van der Waals surface area (Å²) in [6.07, 6.45) is 5.04. The molecule has 4 fully saturated rings. The van der Waals surface area contributed by atoms with E-state index >= 15 is 0 Å². The highest BCUT2D eigenvalue weighted by Crippen LogP contribution is 2.65. The number of anilines is 2. The largest absolute Gasteiger partial charge is 0.373 e. The normalized spacial score (nSPS) is 39.3. The van der Waals surface area contributed by atoms with Crippen LogP contribution in [0.15, 0.2) is 29.8 Å². The molecule has 1 aromatic carbocycles. The van der Waals surface area contributed by atoms with E-state index in [0.717, 1.165) is 37.3 Å². The molecule has 6 aliphatic rings. The van der Waals surface area contributed by atoms with Gasteiger partial charge in [-0.3, -0.25) is 14.5 Å². The zero-order valence-corrected chi connectivity index (χ0v) is 18.1. The molecule has 0 aromatic heterocycles. The molecule has 31 heavy (non-hydrogen) atoms. The van der Waals surface area contributed by atoms with Crippen LogP contribution in [-0.4, -0.2) is 54.6 Å². The van der Waals surface area contributed by atoms with Gasteiger partial charge in [0.05, 0.1) is 25.2 Å². The van der Waals surface area contributed by atoms with E-state index in [-0.39, 0.29) is 35.3 Å². The Morgan fingerprint density at radius 3 is 3.03 bits per heavy atom. The van der Waals surface area contributed by atoms with Gasteiger partial charge in [-0.2, -0.15) is 0 Å². The van der Waals surface area contributed by atoms with Crippen molar-refractivity contribution >= 4 is 23.2 Å². The second-order valence-electron chi connectivity index (χ2n) is 10.6. The molecule has 5 aliphatic heterocycles. The summed E-state index contributed by atoms with van der Waals surface area (Å²) in [5.74, 6) is 1.05. The van der Waals surface area contributed by atoms with E-state index in [1.165, 1.54) is 11.1 Å². The molecule has 0 unspecified atom stereocenters. The van der Waals surface area contributed by atoms with Gasteiger partial charge < -0.3 is 15.0 Å². The highest BCUT2D eigenvalue weighted by atomic mass is 16.5. The molecule has 2 bridgehead atoms. The van der Waals surface area contributed by atoms with Crippen LogP contribution in [-0.2, 0) is 19.7 Å². The van der Waals surface area contributed by atoms with Gasteiger partial charge in [0.2, 0.25) is 11.8 Å². The second-order valence-corrected chi connectivity index (χ2v) is 10.6. The number of ether oxygens (including phenoxy) is 1. The molecule has 6 atom stereocenters. The molecule has 6 nitrogen and oxygen atoms in total. The summed E-state index contributed by atoms with van der Waals surface area (Å²) in [7, 11) is 0. The zero-order valence-electron chi connectivity index (χ0n) is 18.1. The van der Waals surface area contributed by atoms with Crippen LogP contribution < -0.4 is 10.2 Å². The monoisotopic (exact) mass is 419 g/mol. The molecule has 3 saturated heterocycles. The van der Waals surface area contributed by atoms with Crippen LogP contribution in [0, 0.1) is 17.8 Å². The van der Waals surface area contributed by atoms with Crippen molar-refractivity contribution in [2.45, 2.75) is 56.7 Å². The first-order valence-corrected chi connectivity index (χ1v) is 11.8. The molecular formula is C25H29N3O3. The van der Waals surface area contributed by atoms with E-state index < -0.39 is 0 Å². The van der Waals surface area contributed by atoms with Crippen LogP contribution in [0.25, 0.3) is 0 Å². The third-order valence-corrected chi connectivity index (χ3v) is 9.10. The third-order valence-electron chi connectivity index (χ3n) is 9.10. The maximum atomic E-state index is 13.5. The average molecular weight is 420 g/mol. The van der Waals surface area contributed by atoms with E-state index in [0.29, 0.717) is 30.9 Å². The molecule has 1 aromatic rings. The van der Waals surface area contributed by atoms with E-state index in [4.69, 9.17) is 4.74 Å². The van der Waals surface area contributed by atoms with Gasteiger partial charge in [0.1, 0.15) is 0 Å². The standard InChI is InChI=1S/C25H29N3O3/c1-13(2)24(30)26-15-3-4-18-17(9-15)25-6-7-27-12-14-5-8-31-19-11-21(29)28(18)23(25)22(19)16(14)10-20(25)27/h3-5,9,13,16,19-20,22-23H,6-8,10-12H2,1-2H3,(H,26,30)/t16-,19-,20-,22-,23-,25+/m0/s1. The Morgan fingerprint density at radius 1 is 1.32 bits per heavy atom. The fourth-order valence-electron chi connectivity index (χ4n) is 7.91. The molecule has 0 radical (unpaired) electrons. The number of carbonyl (C=O) groups excluding carboxylic acids is 2. The van der Waals surface area contributed by atoms with Crippen LogP contribution in [0.3, 0.4) is 0 Å². The Hall–Kier alpha value is -2.18. The number of hydrogen-bond acceptors (Lipinski definition) is 4. The first-order chi connectivity index (χ1) is 15.0. The van der Waals surface area contributed by atoms with Crippen molar-refractivity contribution in [3.8, 4) is 0 Å². The first kappa shape index (κ1) is 18.4. The molecule has 7 rings (SSSR count). The van der Waals surface area contributed by atoms with Crippen molar-refractivity contribution in [3.63, 3.8) is 0 Å². The van der Waals surface area contributed by atoms with Crippen molar-refractivity contribution in [1.29, 1.82) is 0 Å². The second kappa shape index (κ2) is 5.99. The van der Waals surface area contributed by atoms with Gasteiger partial charge in [0.25, 0.3) is 0 Å². The lowest BCUT2D eigenvalue weighted by Gasteiger charge is -2.58. The van der Waals surface area contributed by atoms with Crippen LogP contribution in [0.1, 0.15) is 38.7 Å². The molecule has 1 N–H and O–H groups in total. The molecular weight excluding hydrogens is 390 g/mol. The molecule has 6 heteroatoms. The summed E-state index contributed by atoms with van der Waals surface area (Å²) in [4.78, 5) is 30.6. The van der Waals surface area contributed by atoms with Crippen LogP contribution in [0.5, 0.6) is 0 Å². The van der Waals surface area contributed by atoms with Crippen molar-refractivity contribution in [2.75, 3.05) is 29.9 Å². The van der Waals surface area contributed by atoms with Crippen LogP contribution in [0.2, 0.25) is 0 Å². The van der Waals surface area contributed by atoms with Crippen molar-refractivity contribution < 1.29 is 14.3 Å². The zero-order chi connectivity index (χ0) is 21.1. The molecule has 1 aliphatic carbocycles. The summed E-state index contributed by atoms with van der Waals surface area (Å²) >= 11 is 0. The minimum atomic E-state index is -0.0656. The fourth-order valence-corrected chi connectivity index (χ4v) is 7.91. The number of rotatable bonds is 2. The van der Waals surface area contributed by atoms with Gasteiger partial charge >= 0.3 is 0 Å². The fraction of sp³-hybridized carbons (Fsp3) is 0.600. The Balaban J connectivity index is 1.42. The van der Waals surface area contributed by atoms with Crippen molar-refractivity contribution in [1.82, 2.24) is 4.90 Å². The third kappa shape index (κ3) is 2.15. The molecule has 1 spiro atoms. The highest BCUT2D eigenvalue weighted by molar-refractivity contribution is 6.00. The SMILES string of the molecule is CC(C)C(=O)Nc1ccc2c(c1)[C@@]13CCN4CC5=CCO[C@H]6CC(=O)N2[C@H]1[C@H]6[C@H]5C[C@H]43. The van der Waals surface area contributed by atoms with E-state index in [9.17, 15) is 9.59 Å². The molecule has 5 heterocycles. The van der Waals surface area contributed by atoms with Crippen LogP contribution >= 0.6 is 0 Å². The van der Waals surface area contributed by atoms with Gasteiger partial charge in [-0.1, -0.05) is 25.5 Å². The van der Waals surface area contributed by atoms with E-state index in [1.54, 1.807) is 0 Å². The molecule has 162 valence electrons. The average Bonchev–Trinajstić information content (AvgIpc) is 3.21. The number of nitrogens with one attached hydrogen (secondary N) is 1. The maximum Gasteiger partial charge on any atom is 0.229 e.